The van der Waals surface area contributed by atoms with Gasteiger partial charge in [-0.2, -0.15) is 0 Å². The van der Waals surface area contributed by atoms with Crippen molar-refractivity contribution in [3.05, 3.63) is 34.9 Å². The summed E-state index contributed by atoms with van der Waals surface area (Å²) in [7, 11) is 0. The van der Waals surface area contributed by atoms with Crippen LogP contribution in [0.15, 0.2) is 18.2 Å². The molecular weight excluding hydrogens is 220 g/mol. The third-order valence-electron chi connectivity index (χ3n) is 2.91. The van der Waals surface area contributed by atoms with Crippen molar-refractivity contribution in [3.8, 4) is 0 Å². The quantitative estimate of drug-likeness (QED) is 0.879. The summed E-state index contributed by atoms with van der Waals surface area (Å²) in [6.45, 7) is 0.796. The highest BCUT2D eigenvalue weighted by molar-refractivity contribution is 7.09. The molecule has 1 aliphatic rings. The lowest BCUT2D eigenvalue weighted by Crippen LogP contribution is -1.99. The SMILES string of the molecule is c1cc2c(cc1CNc1nnns1)CCC2. The lowest BCUT2D eigenvalue weighted by molar-refractivity contribution is 0.911. The predicted molar refractivity (Wildman–Crippen MR) is 63.5 cm³/mol. The maximum absolute atomic E-state index is 3.85. The van der Waals surface area contributed by atoms with Gasteiger partial charge in [0, 0.05) is 18.1 Å². The van der Waals surface area contributed by atoms with Gasteiger partial charge in [-0.05, 0) is 41.2 Å². The molecule has 0 saturated carbocycles. The number of nitrogens with zero attached hydrogens (tertiary/aromatic N) is 3. The third kappa shape index (κ3) is 1.90. The highest BCUT2D eigenvalue weighted by Gasteiger charge is 2.10. The van der Waals surface area contributed by atoms with Gasteiger partial charge in [0.1, 0.15) is 0 Å². The van der Waals surface area contributed by atoms with E-state index < -0.39 is 0 Å². The van der Waals surface area contributed by atoms with E-state index in [0.717, 1.165) is 11.7 Å². The van der Waals surface area contributed by atoms with Crippen LogP contribution in [-0.2, 0) is 19.4 Å². The van der Waals surface area contributed by atoms with Crippen LogP contribution < -0.4 is 5.32 Å². The Morgan fingerprint density at radius 2 is 2.19 bits per heavy atom. The van der Waals surface area contributed by atoms with Crippen molar-refractivity contribution in [2.45, 2.75) is 25.8 Å². The van der Waals surface area contributed by atoms with Crippen LogP contribution in [0.3, 0.4) is 0 Å². The lowest BCUT2D eigenvalue weighted by atomic mass is 10.1. The fourth-order valence-corrected chi connectivity index (χ4v) is 2.47. The second-order valence-electron chi connectivity index (χ2n) is 3.98. The molecule has 0 spiro atoms. The van der Waals surface area contributed by atoms with Gasteiger partial charge in [0.05, 0.1) is 0 Å². The molecule has 0 radical (unpaired) electrons. The number of hydrogen-bond acceptors (Lipinski definition) is 5. The Morgan fingerprint density at radius 3 is 3.06 bits per heavy atom. The third-order valence-corrected chi connectivity index (χ3v) is 3.46. The standard InChI is InChI=1S/C11H12N4S/c1-2-9-5-4-8(6-10(9)3-1)7-12-11-13-14-15-16-11/h4-6H,1-3,7H2,(H,12,13,15). The maximum atomic E-state index is 3.85. The van der Waals surface area contributed by atoms with E-state index in [1.54, 1.807) is 0 Å². The van der Waals surface area contributed by atoms with Gasteiger partial charge >= 0.3 is 0 Å². The van der Waals surface area contributed by atoms with Crippen molar-refractivity contribution in [1.29, 1.82) is 0 Å². The average Bonchev–Trinajstić information content (AvgIpc) is 2.97. The Balaban J connectivity index is 1.71. The highest BCUT2D eigenvalue weighted by Crippen LogP contribution is 2.23. The first-order chi connectivity index (χ1) is 7.92. The molecule has 1 heterocycles. The topological polar surface area (TPSA) is 50.7 Å². The van der Waals surface area contributed by atoms with Gasteiger partial charge in [0.15, 0.2) is 0 Å². The minimum atomic E-state index is 0.778. The molecule has 82 valence electrons. The molecule has 16 heavy (non-hydrogen) atoms. The number of aryl methyl sites for hydroxylation is 2. The zero-order chi connectivity index (χ0) is 10.8. The molecule has 1 aromatic carbocycles. The summed E-state index contributed by atoms with van der Waals surface area (Å²) in [4.78, 5) is 0. The summed E-state index contributed by atoms with van der Waals surface area (Å²) in [5.74, 6) is 0. The molecule has 0 saturated heterocycles. The smallest absolute Gasteiger partial charge is 0.225 e. The Labute approximate surface area is 97.9 Å². The van der Waals surface area contributed by atoms with Crippen LogP contribution in [-0.4, -0.2) is 14.8 Å². The van der Waals surface area contributed by atoms with E-state index in [1.165, 1.54) is 47.5 Å². The van der Waals surface area contributed by atoms with Crippen LogP contribution in [0.1, 0.15) is 23.1 Å². The molecule has 0 bridgehead atoms. The normalized spacial score (nSPS) is 13.8. The Hall–Kier alpha value is -1.49. The van der Waals surface area contributed by atoms with Gasteiger partial charge in [-0.15, -0.1) is 0 Å². The molecule has 4 nitrogen and oxygen atoms in total. The van der Waals surface area contributed by atoms with Crippen molar-refractivity contribution in [2.75, 3.05) is 5.32 Å². The van der Waals surface area contributed by atoms with Gasteiger partial charge in [0.2, 0.25) is 5.13 Å². The summed E-state index contributed by atoms with van der Waals surface area (Å²) in [6, 6.07) is 6.73. The number of hydrogen-bond donors (Lipinski definition) is 1. The zero-order valence-electron chi connectivity index (χ0n) is 8.81. The first-order valence-electron chi connectivity index (χ1n) is 5.41. The molecule has 5 heteroatoms. The van der Waals surface area contributed by atoms with Crippen LogP contribution in [0, 0.1) is 0 Å². The first kappa shape index (κ1) is 9.72. The molecule has 0 unspecified atom stereocenters. The van der Waals surface area contributed by atoms with Crippen molar-refractivity contribution in [1.82, 2.24) is 14.8 Å². The first-order valence-corrected chi connectivity index (χ1v) is 6.19. The van der Waals surface area contributed by atoms with Crippen LogP contribution in [0.5, 0.6) is 0 Å². The number of rotatable bonds is 3. The minimum absolute atomic E-state index is 0.778. The second-order valence-corrected chi connectivity index (χ2v) is 4.71. The molecule has 0 atom stereocenters. The Morgan fingerprint density at radius 1 is 1.25 bits per heavy atom. The maximum Gasteiger partial charge on any atom is 0.225 e. The summed E-state index contributed by atoms with van der Waals surface area (Å²) < 4.78 is 3.71. The van der Waals surface area contributed by atoms with Crippen molar-refractivity contribution >= 4 is 16.7 Å². The zero-order valence-corrected chi connectivity index (χ0v) is 9.63. The van der Waals surface area contributed by atoms with E-state index in [0.29, 0.717) is 0 Å². The molecule has 1 aliphatic carbocycles. The summed E-state index contributed by atoms with van der Waals surface area (Å²) >= 11 is 1.28. The van der Waals surface area contributed by atoms with Crippen LogP contribution in [0.4, 0.5) is 5.13 Å². The summed E-state index contributed by atoms with van der Waals surface area (Å²) in [5, 5.41) is 11.4. The molecule has 0 fully saturated rings. The number of benzene rings is 1. The van der Waals surface area contributed by atoms with Gasteiger partial charge in [0.25, 0.3) is 0 Å². The molecule has 1 aromatic heterocycles. The van der Waals surface area contributed by atoms with Gasteiger partial charge in [-0.25, -0.2) is 0 Å². The van der Waals surface area contributed by atoms with E-state index in [4.69, 9.17) is 0 Å². The molecule has 2 aromatic rings. The largest absolute Gasteiger partial charge is 0.355 e. The van der Waals surface area contributed by atoms with Crippen molar-refractivity contribution in [3.63, 3.8) is 0 Å². The van der Waals surface area contributed by atoms with E-state index >= 15 is 0 Å². The number of nitrogens with one attached hydrogen (secondary N) is 1. The van der Waals surface area contributed by atoms with E-state index in [-0.39, 0.29) is 0 Å². The lowest BCUT2D eigenvalue weighted by Gasteiger charge is -2.05. The average molecular weight is 232 g/mol. The summed E-state index contributed by atoms with van der Waals surface area (Å²) in [5.41, 5.74) is 4.33. The fourth-order valence-electron chi connectivity index (χ4n) is 2.11. The number of anilines is 1. The summed E-state index contributed by atoms with van der Waals surface area (Å²) in [6.07, 6.45) is 3.76. The molecule has 1 N–H and O–H groups in total. The number of aromatic nitrogens is 3. The van der Waals surface area contributed by atoms with Crippen LogP contribution in [0.2, 0.25) is 0 Å². The van der Waals surface area contributed by atoms with E-state index in [9.17, 15) is 0 Å². The van der Waals surface area contributed by atoms with E-state index in [1.807, 2.05) is 0 Å². The van der Waals surface area contributed by atoms with Gasteiger partial charge in [-0.3, -0.25) is 0 Å². The Kier molecular flexibility index (Phi) is 2.53. The molecule has 0 aliphatic heterocycles. The molecule has 0 amide bonds. The fraction of sp³-hybridized carbons (Fsp3) is 0.364. The molecular formula is C11H12N4S. The van der Waals surface area contributed by atoms with E-state index in [2.05, 4.69) is 38.3 Å². The highest BCUT2D eigenvalue weighted by atomic mass is 32.1. The van der Waals surface area contributed by atoms with Gasteiger partial charge < -0.3 is 5.32 Å². The molecule has 3 rings (SSSR count). The predicted octanol–water partition coefficient (Wildman–Crippen LogP) is 2.03. The second kappa shape index (κ2) is 4.17. The van der Waals surface area contributed by atoms with Crippen LogP contribution >= 0.6 is 11.5 Å². The Bertz CT molecular complexity index is 481. The van der Waals surface area contributed by atoms with Crippen LogP contribution in [0.25, 0.3) is 0 Å². The minimum Gasteiger partial charge on any atom is -0.355 e. The van der Waals surface area contributed by atoms with Crippen molar-refractivity contribution in [2.24, 2.45) is 0 Å². The van der Waals surface area contributed by atoms with Crippen molar-refractivity contribution < 1.29 is 0 Å². The van der Waals surface area contributed by atoms with Gasteiger partial charge in [-0.1, -0.05) is 27.8 Å². The number of fused-ring (bicyclic) bond motifs is 1. The monoisotopic (exact) mass is 232 g/mol.